The van der Waals surface area contributed by atoms with Crippen molar-refractivity contribution in [2.75, 3.05) is 18.4 Å². The van der Waals surface area contributed by atoms with Crippen molar-refractivity contribution in [2.45, 2.75) is 43.4 Å². The molecule has 0 saturated carbocycles. The van der Waals surface area contributed by atoms with Gasteiger partial charge in [-0.25, -0.2) is 8.42 Å². The van der Waals surface area contributed by atoms with E-state index in [4.69, 9.17) is 11.6 Å². The monoisotopic (exact) mass is 432 g/mol. The van der Waals surface area contributed by atoms with Gasteiger partial charge in [-0.2, -0.15) is 4.31 Å². The van der Waals surface area contributed by atoms with Crippen LogP contribution >= 0.6 is 11.6 Å². The first-order chi connectivity index (χ1) is 13.9. The first-order valence-corrected chi connectivity index (χ1v) is 11.9. The van der Waals surface area contributed by atoms with Crippen molar-refractivity contribution in [3.8, 4) is 0 Å². The summed E-state index contributed by atoms with van der Waals surface area (Å²) in [5.41, 5.74) is 3.42. The number of benzene rings is 2. The van der Waals surface area contributed by atoms with Gasteiger partial charge >= 0.3 is 0 Å². The lowest BCUT2D eigenvalue weighted by atomic mass is 9.90. The van der Waals surface area contributed by atoms with Crippen LogP contribution in [0, 0.1) is 5.92 Å². The molecule has 0 bridgehead atoms. The second-order valence-electron chi connectivity index (χ2n) is 7.80. The molecule has 4 rings (SSSR count). The van der Waals surface area contributed by atoms with E-state index in [0.29, 0.717) is 24.4 Å². The van der Waals surface area contributed by atoms with E-state index in [1.807, 2.05) is 12.1 Å². The third-order valence-electron chi connectivity index (χ3n) is 5.86. The number of anilines is 1. The zero-order chi connectivity index (χ0) is 20.4. The number of rotatable bonds is 4. The molecule has 2 aliphatic rings. The average Bonchev–Trinajstić information content (AvgIpc) is 2.74. The van der Waals surface area contributed by atoms with Crippen LogP contribution in [0.4, 0.5) is 5.69 Å². The molecule has 5 nitrogen and oxygen atoms in total. The number of nitrogens with zero attached hydrogens (tertiary/aromatic N) is 1. The smallest absolute Gasteiger partial charge is 0.243 e. The number of hydrogen-bond donors (Lipinski definition) is 1. The lowest BCUT2D eigenvalue weighted by Crippen LogP contribution is -2.43. The second-order valence-corrected chi connectivity index (χ2v) is 10.2. The maximum Gasteiger partial charge on any atom is 0.243 e. The van der Waals surface area contributed by atoms with Crippen molar-refractivity contribution in [3.63, 3.8) is 0 Å². The summed E-state index contributed by atoms with van der Waals surface area (Å²) in [7, 11) is -3.64. The topological polar surface area (TPSA) is 66.5 Å². The summed E-state index contributed by atoms with van der Waals surface area (Å²) in [5.74, 6) is -0.453. The van der Waals surface area contributed by atoms with E-state index in [9.17, 15) is 13.2 Å². The van der Waals surface area contributed by atoms with Crippen LogP contribution < -0.4 is 5.32 Å². The number of nitrogens with one attached hydrogen (secondary N) is 1. The van der Waals surface area contributed by atoms with Gasteiger partial charge in [0.25, 0.3) is 0 Å². The first kappa shape index (κ1) is 20.4. The van der Waals surface area contributed by atoms with E-state index >= 15 is 0 Å². The predicted octanol–water partition coefficient (Wildman–Crippen LogP) is 4.26. The first-order valence-electron chi connectivity index (χ1n) is 10.1. The summed E-state index contributed by atoms with van der Waals surface area (Å²) < 4.78 is 27.4. The standard InChI is InChI=1S/C22H25ClN2O3S/c23-18-10-12-19(13-11-18)29(27,28)25-14-4-7-17(15-25)22(26)24-21-9-3-6-16-5-1-2-8-20(16)21/h3,6,9-13,17H,1-2,4-5,7-8,14-15H2,(H,24,26)/t17-/m0/s1. The van der Waals surface area contributed by atoms with E-state index in [1.165, 1.54) is 34.0 Å². The molecule has 1 aliphatic heterocycles. The highest BCUT2D eigenvalue weighted by molar-refractivity contribution is 7.89. The third-order valence-corrected chi connectivity index (χ3v) is 7.99. The van der Waals surface area contributed by atoms with Gasteiger partial charge in [-0.05, 0) is 80.0 Å². The molecule has 2 aromatic rings. The Hall–Kier alpha value is -1.89. The summed E-state index contributed by atoms with van der Waals surface area (Å²) in [6, 6.07) is 12.2. The van der Waals surface area contributed by atoms with Crippen LogP contribution in [-0.2, 0) is 27.7 Å². The van der Waals surface area contributed by atoms with Crippen LogP contribution in [-0.4, -0.2) is 31.7 Å². The Bertz CT molecular complexity index is 1010. The Morgan fingerprint density at radius 3 is 2.59 bits per heavy atom. The molecule has 154 valence electrons. The van der Waals surface area contributed by atoms with Gasteiger partial charge in [0.15, 0.2) is 0 Å². The summed E-state index contributed by atoms with van der Waals surface area (Å²) in [6.07, 6.45) is 5.70. The SMILES string of the molecule is O=C(Nc1cccc2c1CCCC2)[C@H]1CCCN(S(=O)(=O)c2ccc(Cl)cc2)C1. The maximum absolute atomic E-state index is 13.0. The molecule has 7 heteroatoms. The number of carbonyl (C=O) groups excluding carboxylic acids is 1. The van der Waals surface area contributed by atoms with Crippen LogP contribution in [0.3, 0.4) is 0 Å². The highest BCUT2D eigenvalue weighted by Crippen LogP contribution is 2.30. The predicted molar refractivity (Wildman–Crippen MR) is 115 cm³/mol. The molecule has 0 unspecified atom stereocenters. The Labute approximate surface area is 177 Å². The molecule has 29 heavy (non-hydrogen) atoms. The summed E-state index contributed by atoms with van der Waals surface area (Å²) in [4.78, 5) is 13.2. The van der Waals surface area contributed by atoms with Gasteiger partial charge in [-0.3, -0.25) is 4.79 Å². The van der Waals surface area contributed by atoms with Gasteiger partial charge < -0.3 is 5.32 Å². The molecule has 1 saturated heterocycles. The molecule has 2 aromatic carbocycles. The molecule has 1 atom stereocenters. The second kappa shape index (κ2) is 8.46. The van der Waals surface area contributed by atoms with Gasteiger partial charge in [-0.1, -0.05) is 23.7 Å². The Balaban J connectivity index is 1.48. The zero-order valence-electron chi connectivity index (χ0n) is 16.2. The minimum Gasteiger partial charge on any atom is -0.326 e. The highest BCUT2D eigenvalue weighted by Gasteiger charge is 2.33. The van der Waals surface area contributed by atoms with E-state index in [2.05, 4.69) is 11.4 Å². The molecule has 0 radical (unpaired) electrons. The van der Waals surface area contributed by atoms with Gasteiger partial charge in [0.05, 0.1) is 10.8 Å². The molecular formula is C22H25ClN2O3S. The summed E-state index contributed by atoms with van der Waals surface area (Å²) >= 11 is 5.88. The Morgan fingerprint density at radius 1 is 1.03 bits per heavy atom. The van der Waals surface area contributed by atoms with Crippen molar-refractivity contribution in [2.24, 2.45) is 5.92 Å². The van der Waals surface area contributed by atoms with Crippen LogP contribution in [0.25, 0.3) is 0 Å². The summed E-state index contributed by atoms with van der Waals surface area (Å²) in [5, 5.41) is 3.57. The Morgan fingerprint density at radius 2 is 1.79 bits per heavy atom. The number of fused-ring (bicyclic) bond motifs is 1. The lowest BCUT2D eigenvalue weighted by Gasteiger charge is -2.31. The van der Waals surface area contributed by atoms with E-state index in [0.717, 1.165) is 24.9 Å². The van der Waals surface area contributed by atoms with E-state index in [1.54, 1.807) is 12.1 Å². The largest absolute Gasteiger partial charge is 0.326 e. The van der Waals surface area contributed by atoms with Crippen molar-refractivity contribution >= 4 is 33.2 Å². The van der Waals surface area contributed by atoms with Crippen LogP contribution in [0.2, 0.25) is 5.02 Å². The molecule has 0 aromatic heterocycles. The molecule has 1 amide bonds. The van der Waals surface area contributed by atoms with Crippen molar-refractivity contribution < 1.29 is 13.2 Å². The number of sulfonamides is 1. The third kappa shape index (κ3) is 4.34. The van der Waals surface area contributed by atoms with Crippen LogP contribution in [0.1, 0.15) is 36.8 Å². The number of amides is 1. The maximum atomic E-state index is 13.0. The summed E-state index contributed by atoms with van der Waals surface area (Å²) in [6.45, 7) is 0.626. The molecular weight excluding hydrogens is 408 g/mol. The fourth-order valence-electron chi connectivity index (χ4n) is 4.26. The normalized spacial score (nSPS) is 20.1. The van der Waals surface area contributed by atoms with Crippen molar-refractivity contribution in [1.29, 1.82) is 0 Å². The van der Waals surface area contributed by atoms with Crippen LogP contribution in [0.5, 0.6) is 0 Å². The van der Waals surface area contributed by atoms with Crippen molar-refractivity contribution in [3.05, 3.63) is 58.6 Å². The number of halogens is 1. The average molecular weight is 433 g/mol. The number of hydrogen-bond acceptors (Lipinski definition) is 3. The minimum absolute atomic E-state index is 0.0972. The number of piperidine rings is 1. The molecule has 1 N–H and O–H groups in total. The fraction of sp³-hybridized carbons (Fsp3) is 0.409. The molecule has 1 aliphatic carbocycles. The molecule has 0 spiro atoms. The quantitative estimate of drug-likeness (QED) is 0.784. The molecule has 1 fully saturated rings. The Kier molecular flexibility index (Phi) is 5.95. The van der Waals surface area contributed by atoms with Gasteiger partial charge in [0.1, 0.15) is 0 Å². The minimum atomic E-state index is -3.64. The number of carbonyl (C=O) groups is 1. The van der Waals surface area contributed by atoms with Crippen molar-refractivity contribution in [1.82, 2.24) is 4.31 Å². The van der Waals surface area contributed by atoms with Gasteiger partial charge in [0.2, 0.25) is 15.9 Å². The zero-order valence-corrected chi connectivity index (χ0v) is 17.8. The number of aryl methyl sites for hydroxylation is 1. The van der Waals surface area contributed by atoms with Gasteiger partial charge in [-0.15, -0.1) is 0 Å². The van der Waals surface area contributed by atoms with E-state index < -0.39 is 10.0 Å². The molecule has 1 heterocycles. The van der Waals surface area contributed by atoms with Crippen LogP contribution in [0.15, 0.2) is 47.4 Å². The van der Waals surface area contributed by atoms with E-state index in [-0.39, 0.29) is 23.3 Å². The lowest BCUT2D eigenvalue weighted by molar-refractivity contribution is -0.120. The van der Waals surface area contributed by atoms with Gasteiger partial charge in [0, 0.05) is 23.8 Å². The fourth-order valence-corrected chi connectivity index (χ4v) is 5.91. The highest BCUT2D eigenvalue weighted by atomic mass is 35.5.